The molecule has 2 heterocycles. The number of hydrogen-bond acceptors (Lipinski definition) is 3. The zero-order valence-electron chi connectivity index (χ0n) is 12.3. The second kappa shape index (κ2) is 6.41. The highest BCUT2D eigenvalue weighted by Gasteiger charge is 2.06. The minimum atomic E-state index is 0.0215. The fourth-order valence-electron chi connectivity index (χ4n) is 2.01. The lowest BCUT2D eigenvalue weighted by molar-refractivity contribution is 0.561. The molecule has 1 N–H and O–H groups in total. The molecular weight excluding hydrogens is 252 g/mol. The first-order chi connectivity index (χ1) is 9.61. The molecule has 2 aromatic rings. The predicted octanol–water partition coefficient (Wildman–Crippen LogP) is 2.50. The molecular formula is C15H22N4O. The third kappa shape index (κ3) is 3.29. The summed E-state index contributed by atoms with van der Waals surface area (Å²) in [4.78, 5) is 16.5. The van der Waals surface area contributed by atoms with Crippen molar-refractivity contribution in [3.8, 4) is 0 Å². The Morgan fingerprint density at radius 1 is 1.30 bits per heavy atom. The zero-order chi connectivity index (χ0) is 14.5. The third-order valence-electron chi connectivity index (χ3n) is 3.16. The first-order valence-corrected chi connectivity index (χ1v) is 7.08. The molecule has 2 rings (SSSR count). The Morgan fingerprint density at radius 2 is 2.10 bits per heavy atom. The number of rotatable bonds is 6. The highest BCUT2D eigenvalue weighted by Crippen LogP contribution is 2.07. The van der Waals surface area contributed by atoms with Gasteiger partial charge < -0.3 is 5.32 Å². The van der Waals surface area contributed by atoms with Crippen molar-refractivity contribution in [2.24, 2.45) is 0 Å². The second-order valence-electron chi connectivity index (χ2n) is 5.19. The first kappa shape index (κ1) is 14.4. The number of anilines is 1. The summed E-state index contributed by atoms with van der Waals surface area (Å²) in [5.74, 6) is 0.877. The molecule has 2 aromatic heterocycles. The molecule has 0 amide bonds. The molecule has 108 valence electrons. The van der Waals surface area contributed by atoms with Crippen molar-refractivity contribution in [2.75, 3.05) is 11.9 Å². The van der Waals surface area contributed by atoms with E-state index in [1.165, 1.54) is 0 Å². The van der Waals surface area contributed by atoms with E-state index in [0.717, 1.165) is 24.3 Å². The number of imidazole rings is 1. The number of nitrogens with one attached hydrogen (secondary N) is 1. The van der Waals surface area contributed by atoms with Gasteiger partial charge in [0, 0.05) is 31.2 Å². The molecule has 0 spiro atoms. The van der Waals surface area contributed by atoms with Crippen LogP contribution in [0.25, 0.3) is 0 Å². The lowest BCUT2D eigenvalue weighted by atomic mass is 10.3. The first-order valence-electron chi connectivity index (χ1n) is 7.08. The van der Waals surface area contributed by atoms with Gasteiger partial charge in [-0.15, -0.1) is 0 Å². The quantitative estimate of drug-likeness (QED) is 0.880. The van der Waals surface area contributed by atoms with Crippen molar-refractivity contribution in [3.63, 3.8) is 0 Å². The largest absolute Gasteiger partial charge is 0.370 e. The summed E-state index contributed by atoms with van der Waals surface area (Å²) in [7, 11) is 0. The van der Waals surface area contributed by atoms with Gasteiger partial charge in [0.25, 0.3) is 0 Å². The summed E-state index contributed by atoms with van der Waals surface area (Å²) in [5.41, 5.74) is 1.05. The lowest BCUT2D eigenvalue weighted by Gasteiger charge is -2.06. The number of aromatic nitrogens is 3. The predicted molar refractivity (Wildman–Crippen MR) is 81.2 cm³/mol. The smallest absolute Gasteiger partial charge is 0.328 e. The molecule has 0 unspecified atom stereocenters. The van der Waals surface area contributed by atoms with Crippen molar-refractivity contribution in [1.82, 2.24) is 14.1 Å². The third-order valence-corrected chi connectivity index (χ3v) is 3.16. The Morgan fingerprint density at radius 3 is 2.65 bits per heavy atom. The van der Waals surface area contributed by atoms with Crippen molar-refractivity contribution >= 4 is 5.82 Å². The minimum absolute atomic E-state index is 0.0215. The van der Waals surface area contributed by atoms with Gasteiger partial charge in [0.15, 0.2) is 0 Å². The van der Waals surface area contributed by atoms with Crippen LogP contribution in [-0.4, -0.2) is 20.7 Å². The van der Waals surface area contributed by atoms with E-state index >= 15 is 0 Å². The molecule has 0 fully saturated rings. The van der Waals surface area contributed by atoms with Crippen molar-refractivity contribution < 1.29 is 0 Å². The fourth-order valence-corrected chi connectivity index (χ4v) is 2.01. The maximum atomic E-state index is 12.1. The SMILES string of the molecule is CCCNc1ccc(Cn2ccn(C(C)C)c2=O)cn1. The number of hydrogen-bond donors (Lipinski definition) is 1. The van der Waals surface area contributed by atoms with Gasteiger partial charge in [-0.3, -0.25) is 9.13 Å². The number of nitrogens with zero attached hydrogens (tertiary/aromatic N) is 3. The monoisotopic (exact) mass is 274 g/mol. The van der Waals surface area contributed by atoms with E-state index in [1.807, 2.05) is 44.6 Å². The van der Waals surface area contributed by atoms with Crippen LogP contribution in [0, 0.1) is 0 Å². The van der Waals surface area contributed by atoms with Crippen LogP contribution < -0.4 is 11.0 Å². The van der Waals surface area contributed by atoms with Crippen LogP contribution in [0.15, 0.2) is 35.5 Å². The van der Waals surface area contributed by atoms with Gasteiger partial charge in [0.05, 0.1) is 6.54 Å². The summed E-state index contributed by atoms with van der Waals surface area (Å²) in [6.45, 7) is 7.60. The van der Waals surface area contributed by atoms with Crippen LogP contribution in [-0.2, 0) is 6.54 Å². The minimum Gasteiger partial charge on any atom is -0.370 e. The van der Waals surface area contributed by atoms with E-state index in [9.17, 15) is 4.79 Å². The standard InChI is InChI=1S/C15H22N4O/c1-4-7-16-14-6-5-13(10-17-14)11-18-8-9-19(12(2)3)15(18)20/h5-6,8-10,12H,4,7,11H2,1-3H3,(H,16,17). The van der Waals surface area contributed by atoms with E-state index in [-0.39, 0.29) is 11.7 Å². The average molecular weight is 274 g/mol. The Hall–Kier alpha value is -2.04. The van der Waals surface area contributed by atoms with Crippen molar-refractivity contribution in [3.05, 3.63) is 46.8 Å². The van der Waals surface area contributed by atoms with Gasteiger partial charge in [-0.05, 0) is 31.9 Å². The molecule has 0 aliphatic heterocycles. The van der Waals surface area contributed by atoms with E-state index in [2.05, 4.69) is 17.2 Å². The molecule has 5 heteroatoms. The van der Waals surface area contributed by atoms with E-state index in [1.54, 1.807) is 9.13 Å². The molecule has 5 nitrogen and oxygen atoms in total. The Bertz CT molecular complexity index is 595. The maximum Gasteiger partial charge on any atom is 0.328 e. The molecule has 0 aromatic carbocycles. The van der Waals surface area contributed by atoms with Crippen LogP contribution in [0.1, 0.15) is 38.8 Å². The molecule has 0 bridgehead atoms. The highest BCUT2D eigenvalue weighted by atomic mass is 16.1. The van der Waals surface area contributed by atoms with Crippen LogP contribution in [0.5, 0.6) is 0 Å². The molecule has 0 radical (unpaired) electrons. The van der Waals surface area contributed by atoms with Crippen LogP contribution >= 0.6 is 0 Å². The van der Waals surface area contributed by atoms with Gasteiger partial charge in [-0.25, -0.2) is 9.78 Å². The molecule has 0 saturated heterocycles. The van der Waals surface area contributed by atoms with Crippen molar-refractivity contribution in [2.45, 2.75) is 39.8 Å². The van der Waals surface area contributed by atoms with Crippen molar-refractivity contribution in [1.29, 1.82) is 0 Å². The number of pyridine rings is 1. The Kier molecular flexibility index (Phi) is 4.61. The van der Waals surface area contributed by atoms with Gasteiger partial charge in [0.2, 0.25) is 0 Å². The summed E-state index contributed by atoms with van der Waals surface area (Å²) < 4.78 is 3.43. The van der Waals surface area contributed by atoms with Crippen LogP contribution in [0.2, 0.25) is 0 Å². The van der Waals surface area contributed by atoms with Gasteiger partial charge >= 0.3 is 5.69 Å². The summed E-state index contributed by atoms with van der Waals surface area (Å²) in [6, 6.07) is 4.14. The Balaban J connectivity index is 2.08. The second-order valence-corrected chi connectivity index (χ2v) is 5.19. The molecule has 0 aliphatic rings. The van der Waals surface area contributed by atoms with Gasteiger partial charge in [-0.2, -0.15) is 0 Å². The van der Waals surface area contributed by atoms with E-state index in [0.29, 0.717) is 6.54 Å². The lowest BCUT2D eigenvalue weighted by Crippen LogP contribution is -2.25. The van der Waals surface area contributed by atoms with Gasteiger partial charge in [0.1, 0.15) is 5.82 Å². The molecule has 0 saturated carbocycles. The molecule has 0 aliphatic carbocycles. The average Bonchev–Trinajstić information content (AvgIpc) is 2.79. The Labute approximate surface area is 119 Å². The summed E-state index contributed by atoms with van der Waals surface area (Å²) >= 11 is 0. The topological polar surface area (TPSA) is 51.9 Å². The molecule has 20 heavy (non-hydrogen) atoms. The molecule has 0 atom stereocenters. The fraction of sp³-hybridized carbons (Fsp3) is 0.467. The normalized spacial score (nSPS) is 11.0. The summed E-state index contributed by atoms with van der Waals surface area (Å²) in [5, 5.41) is 3.23. The summed E-state index contributed by atoms with van der Waals surface area (Å²) in [6.07, 6.45) is 6.54. The van der Waals surface area contributed by atoms with E-state index < -0.39 is 0 Å². The van der Waals surface area contributed by atoms with Gasteiger partial charge in [-0.1, -0.05) is 13.0 Å². The zero-order valence-corrected chi connectivity index (χ0v) is 12.3. The maximum absolute atomic E-state index is 12.1. The van der Waals surface area contributed by atoms with E-state index in [4.69, 9.17) is 0 Å². The highest BCUT2D eigenvalue weighted by molar-refractivity contribution is 5.35. The van der Waals surface area contributed by atoms with Crippen LogP contribution in [0.4, 0.5) is 5.82 Å². The van der Waals surface area contributed by atoms with Crippen LogP contribution in [0.3, 0.4) is 0 Å².